The molecule has 1 aliphatic rings. The van der Waals surface area contributed by atoms with Gasteiger partial charge in [0.2, 0.25) is 5.91 Å². The number of carbonyl (C=O) groups excluding carboxylic acids is 1. The Bertz CT molecular complexity index is 695. The number of fused-ring (bicyclic) bond motifs is 1. The van der Waals surface area contributed by atoms with Crippen molar-refractivity contribution < 1.29 is 4.79 Å². The van der Waals surface area contributed by atoms with Gasteiger partial charge in [-0.25, -0.2) is 4.79 Å². The predicted octanol–water partition coefficient (Wildman–Crippen LogP) is 1.31. The molecule has 0 unspecified atom stereocenters. The molecule has 106 valence electrons. The van der Waals surface area contributed by atoms with Gasteiger partial charge in [-0.15, -0.1) is 0 Å². The third-order valence-corrected chi connectivity index (χ3v) is 4.21. The van der Waals surface area contributed by atoms with E-state index >= 15 is 0 Å². The molecule has 0 bridgehead atoms. The maximum Gasteiger partial charge on any atom is 0.323 e. The van der Waals surface area contributed by atoms with Crippen molar-refractivity contribution in [3.63, 3.8) is 0 Å². The molecule has 1 saturated carbocycles. The number of nitrogens with one attached hydrogen (secondary N) is 3. The second kappa shape index (κ2) is 4.79. The van der Waals surface area contributed by atoms with Crippen LogP contribution in [0.5, 0.6) is 0 Å². The van der Waals surface area contributed by atoms with Gasteiger partial charge in [0.25, 0.3) is 0 Å². The molecule has 0 atom stereocenters. The molecular weight excluding hydrogens is 256 g/mol. The summed E-state index contributed by atoms with van der Waals surface area (Å²) in [7, 11) is 0. The Balaban J connectivity index is 1.85. The van der Waals surface area contributed by atoms with Crippen molar-refractivity contribution in [1.82, 2.24) is 9.97 Å². The third kappa shape index (κ3) is 2.12. The van der Waals surface area contributed by atoms with Crippen molar-refractivity contribution >= 4 is 22.6 Å². The number of anilines is 1. The first-order valence-electron chi connectivity index (χ1n) is 6.87. The van der Waals surface area contributed by atoms with Crippen LogP contribution in [0, 0.1) is 5.41 Å². The summed E-state index contributed by atoms with van der Waals surface area (Å²) < 4.78 is 0. The van der Waals surface area contributed by atoms with Gasteiger partial charge in [-0.3, -0.25) is 4.79 Å². The van der Waals surface area contributed by atoms with Crippen molar-refractivity contribution in [2.24, 2.45) is 11.1 Å². The molecule has 2 aromatic rings. The molecule has 6 heteroatoms. The Morgan fingerprint density at radius 1 is 1.25 bits per heavy atom. The molecule has 0 aliphatic heterocycles. The van der Waals surface area contributed by atoms with E-state index in [0.29, 0.717) is 17.7 Å². The van der Waals surface area contributed by atoms with Crippen LogP contribution in [0.2, 0.25) is 0 Å². The van der Waals surface area contributed by atoms with E-state index in [9.17, 15) is 9.59 Å². The molecule has 20 heavy (non-hydrogen) atoms. The van der Waals surface area contributed by atoms with E-state index in [4.69, 9.17) is 5.73 Å². The number of benzene rings is 1. The zero-order valence-electron chi connectivity index (χ0n) is 11.2. The minimum absolute atomic E-state index is 0.0188. The van der Waals surface area contributed by atoms with Crippen LogP contribution in [0.15, 0.2) is 23.0 Å². The minimum Gasteiger partial charge on any atom is -0.329 e. The highest BCUT2D eigenvalue weighted by atomic mass is 16.2. The van der Waals surface area contributed by atoms with E-state index in [1.807, 2.05) is 0 Å². The molecule has 1 aliphatic carbocycles. The van der Waals surface area contributed by atoms with Crippen LogP contribution >= 0.6 is 0 Å². The summed E-state index contributed by atoms with van der Waals surface area (Å²) in [6, 6.07) is 5.31. The van der Waals surface area contributed by atoms with Crippen molar-refractivity contribution in [2.75, 3.05) is 11.9 Å². The highest BCUT2D eigenvalue weighted by Gasteiger charge is 2.39. The average Bonchev–Trinajstić information content (AvgIpc) is 3.04. The Hall–Kier alpha value is -2.08. The summed E-state index contributed by atoms with van der Waals surface area (Å²) >= 11 is 0. The number of rotatable bonds is 3. The maximum atomic E-state index is 12.4. The zero-order valence-corrected chi connectivity index (χ0v) is 11.2. The number of nitrogens with two attached hydrogens (primary N) is 1. The lowest BCUT2D eigenvalue weighted by atomic mass is 9.85. The summed E-state index contributed by atoms with van der Waals surface area (Å²) in [6.07, 6.45) is 3.79. The van der Waals surface area contributed by atoms with Crippen LogP contribution < -0.4 is 16.7 Å². The van der Waals surface area contributed by atoms with Crippen LogP contribution in [-0.2, 0) is 4.79 Å². The summed E-state index contributed by atoms with van der Waals surface area (Å²) in [5, 5.41) is 2.92. The molecule has 0 spiro atoms. The number of H-pyrrole nitrogens is 2. The van der Waals surface area contributed by atoms with Crippen molar-refractivity contribution in [1.29, 1.82) is 0 Å². The van der Waals surface area contributed by atoms with E-state index in [1.54, 1.807) is 18.2 Å². The lowest BCUT2D eigenvalue weighted by Crippen LogP contribution is -2.40. The Morgan fingerprint density at radius 3 is 2.65 bits per heavy atom. The zero-order chi connectivity index (χ0) is 14.2. The lowest BCUT2D eigenvalue weighted by Gasteiger charge is -2.25. The van der Waals surface area contributed by atoms with Crippen molar-refractivity contribution in [3.05, 3.63) is 28.7 Å². The smallest absolute Gasteiger partial charge is 0.323 e. The van der Waals surface area contributed by atoms with Gasteiger partial charge in [-0.2, -0.15) is 0 Å². The molecule has 1 fully saturated rings. The Morgan fingerprint density at radius 2 is 1.95 bits per heavy atom. The number of aromatic nitrogens is 2. The molecule has 3 rings (SSSR count). The molecule has 1 amide bonds. The lowest BCUT2D eigenvalue weighted by molar-refractivity contribution is -0.124. The van der Waals surface area contributed by atoms with Gasteiger partial charge in [-0.1, -0.05) is 12.8 Å². The van der Waals surface area contributed by atoms with Crippen LogP contribution in [0.4, 0.5) is 5.69 Å². The largest absolute Gasteiger partial charge is 0.329 e. The molecule has 0 saturated heterocycles. The maximum absolute atomic E-state index is 12.4. The molecule has 1 aromatic carbocycles. The fraction of sp³-hybridized carbons (Fsp3) is 0.429. The molecule has 1 aromatic heterocycles. The van der Waals surface area contributed by atoms with Crippen molar-refractivity contribution in [3.8, 4) is 0 Å². The summed E-state index contributed by atoms with van der Waals surface area (Å²) in [4.78, 5) is 29.0. The van der Waals surface area contributed by atoms with Gasteiger partial charge < -0.3 is 21.0 Å². The second-order valence-electron chi connectivity index (χ2n) is 5.49. The van der Waals surface area contributed by atoms with Gasteiger partial charge in [-0.05, 0) is 31.0 Å². The molecule has 0 radical (unpaired) electrons. The molecule has 5 N–H and O–H groups in total. The number of amides is 1. The van der Waals surface area contributed by atoms with Gasteiger partial charge in [0, 0.05) is 12.2 Å². The quantitative estimate of drug-likeness (QED) is 0.678. The van der Waals surface area contributed by atoms with E-state index in [2.05, 4.69) is 15.3 Å². The predicted molar refractivity (Wildman–Crippen MR) is 77.5 cm³/mol. The Kier molecular flexibility index (Phi) is 3.10. The molecule has 1 heterocycles. The number of aromatic amines is 2. The monoisotopic (exact) mass is 274 g/mol. The third-order valence-electron chi connectivity index (χ3n) is 4.21. The van der Waals surface area contributed by atoms with Crippen LogP contribution in [0.1, 0.15) is 25.7 Å². The molecular formula is C14H18N4O2. The number of hydrogen-bond acceptors (Lipinski definition) is 3. The van der Waals surface area contributed by atoms with Crippen molar-refractivity contribution in [2.45, 2.75) is 25.7 Å². The number of hydrogen-bond donors (Lipinski definition) is 4. The summed E-state index contributed by atoms with van der Waals surface area (Å²) in [5.74, 6) is -0.0188. The first-order valence-corrected chi connectivity index (χ1v) is 6.87. The van der Waals surface area contributed by atoms with Crippen LogP contribution in [0.25, 0.3) is 11.0 Å². The van der Waals surface area contributed by atoms with E-state index < -0.39 is 5.41 Å². The molecule has 6 nitrogen and oxygen atoms in total. The first kappa shape index (κ1) is 12.9. The van der Waals surface area contributed by atoms with Gasteiger partial charge in [0.1, 0.15) is 0 Å². The van der Waals surface area contributed by atoms with E-state index in [1.165, 1.54) is 0 Å². The van der Waals surface area contributed by atoms with Crippen LogP contribution in [-0.4, -0.2) is 22.4 Å². The number of imidazole rings is 1. The van der Waals surface area contributed by atoms with Crippen LogP contribution in [0.3, 0.4) is 0 Å². The van der Waals surface area contributed by atoms with E-state index in [-0.39, 0.29) is 11.6 Å². The highest BCUT2D eigenvalue weighted by Crippen LogP contribution is 2.38. The SMILES string of the molecule is NCC1(C(=O)Nc2ccc3[nH]c(=O)[nH]c3c2)CCCC1. The fourth-order valence-electron chi connectivity index (χ4n) is 2.95. The fourth-order valence-corrected chi connectivity index (χ4v) is 2.95. The van der Waals surface area contributed by atoms with Gasteiger partial charge >= 0.3 is 5.69 Å². The summed E-state index contributed by atoms with van der Waals surface area (Å²) in [5.41, 5.74) is 7.21. The Labute approximate surface area is 115 Å². The first-order chi connectivity index (χ1) is 9.63. The minimum atomic E-state index is -0.430. The van der Waals surface area contributed by atoms with Gasteiger partial charge in [0.05, 0.1) is 16.4 Å². The van der Waals surface area contributed by atoms with E-state index in [0.717, 1.165) is 31.2 Å². The number of carbonyl (C=O) groups is 1. The standard InChI is InChI=1S/C14H18N4O2/c15-8-14(5-1-2-6-14)12(19)16-9-3-4-10-11(7-9)18-13(20)17-10/h3-4,7H,1-2,5-6,8,15H2,(H,16,19)(H2,17,18,20). The van der Waals surface area contributed by atoms with Gasteiger partial charge in [0.15, 0.2) is 0 Å². The average molecular weight is 274 g/mol. The topological polar surface area (TPSA) is 104 Å². The normalized spacial score (nSPS) is 17.4. The summed E-state index contributed by atoms with van der Waals surface area (Å²) in [6.45, 7) is 0.377. The highest BCUT2D eigenvalue weighted by molar-refractivity contribution is 5.97. The second-order valence-corrected chi connectivity index (χ2v) is 5.49.